The molecule has 0 bridgehead atoms. The Morgan fingerprint density at radius 2 is 2.64 bits per heavy atom. The van der Waals surface area contributed by atoms with Crippen molar-refractivity contribution in [2.24, 2.45) is 0 Å². The summed E-state index contributed by atoms with van der Waals surface area (Å²) in [5.74, 6) is 1.14. The average Bonchev–Trinajstić information content (AvgIpc) is 2.39. The molecule has 64 valence electrons. The van der Waals surface area contributed by atoms with Crippen molar-refractivity contribution in [3.8, 4) is 0 Å². The molecule has 1 saturated heterocycles. The van der Waals surface area contributed by atoms with Gasteiger partial charge >= 0.3 is 5.43 Å². The molecule has 0 saturated carbocycles. The van der Waals surface area contributed by atoms with Gasteiger partial charge in [0.2, 0.25) is 0 Å². The molecule has 1 heterocycles. The molecule has 0 aromatic heterocycles. The summed E-state index contributed by atoms with van der Waals surface area (Å²) in [7, 11) is 0. The average molecular weight is 196 g/mol. The first kappa shape index (κ1) is 9.16. The molecule has 1 aliphatic heterocycles. The van der Waals surface area contributed by atoms with E-state index < -0.39 is 5.43 Å². The minimum Gasteiger partial charge on any atom is -0.454 e. The van der Waals surface area contributed by atoms with Gasteiger partial charge in [-0.15, -0.1) is 11.8 Å². The van der Waals surface area contributed by atoms with Crippen LogP contribution in [0.3, 0.4) is 0 Å². The third-order valence-electron chi connectivity index (χ3n) is 1.39. The van der Waals surface area contributed by atoms with Gasteiger partial charge in [-0.05, 0) is 0 Å². The third kappa shape index (κ3) is 3.84. The fraction of sp³-hybridized carbons (Fsp3) is 0.833. The fourth-order valence-electron chi connectivity index (χ4n) is 0.912. The van der Waals surface area contributed by atoms with Gasteiger partial charge in [0.1, 0.15) is 0 Å². The van der Waals surface area contributed by atoms with Crippen LogP contribution in [-0.4, -0.2) is 29.7 Å². The summed E-state index contributed by atoms with van der Waals surface area (Å²) in [5.41, 5.74) is -0.715. The van der Waals surface area contributed by atoms with Gasteiger partial charge in [0, 0.05) is 30.3 Å². The van der Waals surface area contributed by atoms with Crippen LogP contribution >= 0.6 is 23.4 Å². The number of hydrogen-bond donors (Lipinski definition) is 1. The first-order valence-electron chi connectivity index (χ1n) is 3.46. The molecule has 1 rings (SSSR count). The Morgan fingerprint density at radius 3 is 3.18 bits per heavy atom. The molecule has 0 spiro atoms. The smallest absolute Gasteiger partial charge is 0.403 e. The Hall–Kier alpha value is 0.0700. The maximum atomic E-state index is 10.1. The molecule has 1 N–H and O–H groups in total. The van der Waals surface area contributed by atoms with Crippen LogP contribution in [0, 0.1) is 0 Å². The predicted octanol–water partition coefficient (Wildman–Crippen LogP) is 1.41. The van der Waals surface area contributed by atoms with E-state index in [1.165, 1.54) is 0 Å². The molecule has 1 atom stereocenters. The highest BCUT2D eigenvalue weighted by Crippen LogP contribution is 2.16. The van der Waals surface area contributed by atoms with E-state index in [4.69, 9.17) is 11.6 Å². The summed E-state index contributed by atoms with van der Waals surface area (Å²) in [5, 5.41) is 3.70. The highest BCUT2D eigenvalue weighted by molar-refractivity contribution is 8.00. The molecule has 1 fully saturated rings. The molecule has 0 aromatic rings. The van der Waals surface area contributed by atoms with E-state index >= 15 is 0 Å². The minimum absolute atomic E-state index is 0.410. The number of rotatable bonds is 3. The quantitative estimate of drug-likeness (QED) is 0.692. The van der Waals surface area contributed by atoms with Crippen molar-refractivity contribution >= 4 is 28.8 Å². The van der Waals surface area contributed by atoms with E-state index in [1.54, 1.807) is 0 Å². The van der Waals surface area contributed by atoms with Gasteiger partial charge in [0.25, 0.3) is 0 Å². The standard InChI is InChI=1S/C6H10ClNO2S/c7-6(9)10-3-1-5-8-2-4-11-5/h5,8H,1-4H2. The second kappa shape index (κ2) is 4.85. The van der Waals surface area contributed by atoms with Crippen molar-refractivity contribution in [3.05, 3.63) is 0 Å². The predicted molar refractivity (Wildman–Crippen MR) is 46.1 cm³/mol. The van der Waals surface area contributed by atoms with Gasteiger partial charge in [-0.3, -0.25) is 0 Å². The molecular weight excluding hydrogens is 186 g/mol. The lowest BCUT2D eigenvalue weighted by molar-refractivity contribution is 0.171. The molecule has 0 radical (unpaired) electrons. The summed E-state index contributed by atoms with van der Waals surface area (Å²) in [6.45, 7) is 1.46. The molecule has 5 heteroatoms. The maximum absolute atomic E-state index is 10.1. The van der Waals surface area contributed by atoms with Gasteiger partial charge in [0.05, 0.1) is 12.0 Å². The van der Waals surface area contributed by atoms with Crippen molar-refractivity contribution in [1.82, 2.24) is 5.32 Å². The lowest BCUT2D eigenvalue weighted by Crippen LogP contribution is -2.21. The second-order valence-electron chi connectivity index (χ2n) is 2.19. The van der Waals surface area contributed by atoms with Crippen molar-refractivity contribution < 1.29 is 9.53 Å². The topological polar surface area (TPSA) is 38.3 Å². The second-order valence-corrected chi connectivity index (χ2v) is 3.81. The molecule has 0 amide bonds. The van der Waals surface area contributed by atoms with Crippen LogP contribution in [0.4, 0.5) is 4.79 Å². The van der Waals surface area contributed by atoms with Gasteiger partial charge < -0.3 is 10.1 Å². The molecule has 1 aliphatic rings. The van der Waals surface area contributed by atoms with E-state index in [1.807, 2.05) is 11.8 Å². The van der Waals surface area contributed by atoms with E-state index in [0.29, 0.717) is 12.0 Å². The third-order valence-corrected chi connectivity index (χ3v) is 2.74. The van der Waals surface area contributed by atoms with Gasteiger partial charge in [0.15, 0.2) is 0 Å². The number of carbonyl (C=O) groups excluding carboxylic acids is 1. The summed E-state index contributed by atoms with van der Waals surface area (Å²) in [6.07, 6.45) is 0.836. The van der Waals surface area contributed by atoms with Crippen LogP contribution in [0.2, 0.25) is 0 Å². The van der Waals surface area contributed by atoms with Crippen LogP contribution in [0.15, 0.2) is 0 Å². The molecule has 0 aromatic carbocycles. The Labute approximate surface area is 74.8 Å². The summed E-state index contributed by atoms with van der Waals surface area (Å²) < 4.78 is 4.58. The van der Waals surface area contributed by atoms with Crippen molar-refractivity contribution in [3.63, 3.8) is 0 Å². The van der Waals surface area contributed by atoms with Crippen LogP contribution < -0.4 is 5.32 Å². The first-order chi connectivity index (χ1) is 5.29. The zero-order valence-electron chi connectivity index (χ0n) is 6.01. The molecule has 3 nitrogen and oxygen atoms in total. The lowest BCUT2D eigenvalue weighted by atomic mass is 10.4. The zero-order valence-corrected chi connectivity index (χ0v) is 7.58. The Balaban J connectivity index is 1.98. The monoisotopic (exact) mass is 195 g/mol. The normalized spacial score (nSPS) is 23.5. The summed E-state index contributed by atoms with van der Waals surface area (Å²) >= 11 is 6.82. The Morgan fingerprint density at radius 1 is 1.82 bits per heavy atom. The van der Waals surface area contributed by atoms with Crippen LogP contribution in [-0.2, 0) is 4.74 Å². The molecule has 0 aliphatic carbocycles. The molecular formula is C6H10ClNO2S. The highest BCUT2D eigenvalue weighted by atomic mass is 35.5. The van der Waals surface area contributed by atoms with Gasteiger partial charge in [-0.2, -0.15) is 0 Å². The zero-order chi connectivity index (χ0) is 8.10. The number of halogens is 1. The number of ether oxygens (including phenoxy) is 1. The summed E-state index contributed by atoms with van der Waals surface area (Å²) in [6, 6.07) is 0. The highest BCUT2D eigenvalue weighted by Gasteiger charge is 2.14. The van der Waals surface area contributed by atoms with Gasteiger partial charge in [-0.1, -0.05) is 0 Å². The lowest BCUT2D eigenvalue weighted by Gasteiger charge is -2.07. The molecule has 1 unspecified atom stereocenters. The number of nitrogens with one attached hydrogen (secondary N) is 1. The van der Waals surface area contributed by atoms with Crippen LogP contribution in [0.25, 0.3) is 0 Å². The number of carbonyl (C=O) groups is 1. The van der Waals surface area contributed by atoms with Gasteiger partial charge in [-0.25, -0.2) is 4.79 Å². The SMILES string of the molecule is O=C(Cl)OCCC1NCCS1. The Kier molecular flexibility index (Phi) is 4.04. The largest absolute Gasteiger partial charge is 0.454 e. The van der Waals surface area contributed by atoms with E-state index in [-0.39, 0.29) is 0 Å². The van der Waals surface area contributed by atoms with Crippen LogP contribution in [0.5, 0.6) is 0 Å². The van der Waals surface area contributed by atoms with Crippen molar-refractivity contribution in [2.45, 2.75) is 11.8 Å². The molecule has 11 heavy (non-hydrogen) atoms. The van der Waals surface area contributed by atoms with E-state index in [0.717, 1.165) is 18.7 Å². The Bertz CT molecular complexity index is 139. The van der Waals surface area contributed by atoms with E-state index in [9.17, 15) is 4.79 Å². The van der Waals surface area contributed by atoms with E-state index in [2.05, 4.69) is 10.1 Å². The fourth-order valence-corrected chi connectivity index (χ4v) is 2.01. The van der Waals surface area contributed by atoms with Crippen molar-refractivity contribution in [2.75, 3.05) is 18.9 Å². The summed E-state index contributed by atoms with van der Waals surface area (Å²) in [4.78, 5) is 10.1. The number of thioether (sulfide) groups is 1. The first-order valence-corrected chi connectivity index (χ1v) is 4.89. The van der Waals surface area contributed by atoms with Crippen LogP contribution in [0.1, 0.15) is 6.42 Å². The minimum atomic E-state index is -0.715. The van der Waals surface area contributed by atoms with Crippen molar-refractivity contribution in [1.29, 1.82) is 0 Å². The number of hydrogen-bond acceptors (Lipinski definition) is 4. The maximum Gasteiger partial charge on any atom is 0.403 e.